The standard InChI is InChI=1S/C15H19FN2/c1-9(2)7-11-8-13(17-4)14-10(3)5-6-12(16)15(14)18-11/h5-6,8-9H,7H2,1-4H3,(H,17,18). The number of halogens is 1. The molecule has 1 N–H and O–H groups in total. The molecule has 1 heterocycles. The van der Waals surface area contributed by atoms with Crippen LogP contribution in [0.15, 0.2) is 18.2 Å². The Bertz CT molecular complexity index is 576. The zero-order valence-electron chi connectivity index (χ0n) is 11.3. The number of benzene rings is 1. The zero-order valence-corrected chi connectivity index (χ0v) is 11.3. The fourth-order valence-corrected chi connectivity index (χ4v) is 2.25. The Hall–Kier alpha value is -1.64. The van der Waals surface area contributed by atoms with Crippen LogP contribution in [0.3, 0.4) is 0 Å². The molecule has 3 heteroatoms. The van der Waals surface area contributed by atoms with Gasteiger partial charge in [0.2, 0.25) is 0 Å². The van der Waals surface area contributed by atoms with Gasteiger partial charge < -0.3 is 5.32 Å². The smallest absolute Gasteiger partial charge is 0.149 e. The molecule has 0 spiro atoms. The molecule has 0 amide bonds. The van der Waals surface area contributed by atoms with Crippen molar-refractivity contribution in [2.24, 2.45) is 5.92 Å². The van der Waals surface area contributed by atoms with Crippen LogP contribution in [0.1, 0.15) is 25.1 Å². The molecule has 0 aliphatic heterocycles. The molecule has 0 bridgehead atoms. The Morgan fingerprint density at radius 3 is 2.67 bits per heavy atom. The SMILES string of the molecule is CNc1cc(CC(C)C)nc2c(F)ccc(C)c12. The van der Waals surface area contributed by atoms with Gasteiger partial charge >= 0.3 is 0 Å². The molecule has 0 atom stereocenters. The molecule has 2 nitrogen and oxygen atoms in total. The lowest BCUT2D eigenvalue weighted by molar-refractivity contribution is 0.625. The third-order valence-corrected chi connectivity index (χ3v) is 3.06. The summed E-state index contributed by atoms with van der Waals surface area (Å²) in [5.41, 5.74) is 3.40. The first kappa shape index (κ1) is 12.8. The van der Waals surface area contributed by atoms with Crippen LogP contribution < -0.4 is 5.32 Å². The molecule has 0 aliphatic rings. The fraction of sp³-hybridized carbons (Fsp3) is 0.400. The third-order valence-electron chi connectivity index (χ3n) is 3.06. The van der Waals surface area contributed by atoms with Crippen molar-refractivity contribution in [1.29, 1.82) is 0 Å². The van der Waals surface area contributed by atoms with Crippen molar-refractivity contribution < 1.29 is 4.39 Å². The first-order valence-corrected chi connectivity index (χ1v) is 6.29. The van der Waals surface area contributed by atoms with Gasteiger partial charge in [-0.25, -0.2) is 9.37 Å². The quantitative estimate of drug-likeness (QED) is 0.887. The molecule has 1 aromatic carbocycles. The van der Waals surface area contributed by atoms with E-state index in [4.69, 9.17) is 0 Å². The van der Waals surface area contributed by atoms with Gasteiger partial charge in [-0.3, -0.25) is 0 Å². The number of rotatable bonds is 3. The van der Waals surface area contributed by atoms with Crippen LogP contribution in [0, 0.1) is 18.7 Å². The van der Waals surface area contributed by atoms with E-state index in [0.717, 1.165) is 28.8 Å². The van der Waals surface area contributed by atoms with E-state index in [1.807, 2.05) is 20.0 Å². The molecule has 18 heavy (non-hydrogen) atoms. The van der Waals surface area contributed by atoms with E-state index in [-0.39, 0.29) is 5.82 Å². The van der Waals surface area contributed by atoms with Crippen LogP contribution >= 0.6 is 0 Å². The summed E-state index contributed by atoms with van der Waals surface area (Å²) in [6.07, 6.45) is 0.859. The summed E-state index contributed by atoms with van der Waals surface area (Å²) >= 11 is 0. The highest BCUT2D eigenvalue weighted by molar-refractivity contribution is 5.94. The van der Waals surface area contributed by atoms with E-state index in [0.29, 0.717) is 11.4 Å². The maximum Gasteiger partial charge on any atom is 0.149 e. The topological polar surface area (TPSA) is 24.9 Å². The lowest BCUT2D eigenvalue weighted by atomic mass is 10.0. The van der Waals surface area contributed by atoms with Gasteiger partial charge in [-0.15, -0.1) is 0 Å². The van der Waals surface area contributed by atoms with Crippen molar-refractivity contribution in [3.63, 3.8) is 0 Å². The summed E-state index contributed by atoms with van der Waals surface area (Å²) in [5.74, 6) is 0.255. The highest BCUT2D eigenvalue weighted by Gasteiger charge is 2.11. The number of hydrogen-bond acceptors (Lipinski definition) is 2. The van der Waals surface area contributed by atoms with Gasteiger partial charge in [-0.2, -0.15) is 0 Å². The number of pyridine rings is 1. The lowest BCUT2D eigenvalue weighted by Crippen LogP contribution is -2.02. The van der Waals surface area contributed by atoms with Crippen LogP contribution in [-0.4, -0.2) is 12.0 Å². The van der Waals surface area contributed by atoms with E-state index in [9.17, 15) is 4.39 Å². The second-order valence-corrected chi connectivity index (χ2v) is 5.10. The van der Waals surface area contributed by atoms with Gasteiger partial charge in [-0.1, -0.05) is 19.9 Å². The molecular formula is C15H19FN2. The molecule has 0 fully saturated rings. The van der Waals surface area contributed by atoms with Crippen LogP contribution in [0.2, 0.25) is 0 Å². The van der Waals surface area contributed by atoms with Crippen molar-refractivity contribution in [2.75, 3.05) is 12.4 Å². The van der Waals surface area contributed by atoms with Gasteiger partial charge in [0, 0.05) is 23.8 Å². The summed E-state index contributed by atoms with van der Waals surface area (Å²) < 4.78 is 13.9. The van der Waals surface area contributed by atoms with Gasteiger partial charge in [-0.05, 0) is 37.0 Å². The van der Waals surface area contributed by atoms with Crippen LogP contribution in [0.25, 0.3) is 10.9 Å². The number of hydrogen-bond donors (Lipinski definition) is 1. The Balaban J connectivity index is 2.71. The first-order chi connectivity index (χ1) is 8.52. The van der Waals surface area contributed by atoms with E-state index in [1.54, 1.807) is 6.07 Å². The number of anilines is 1. The maximum atomic E-state index is 13.9. The monoisotopic (exact) mass is 246 g/mol. The third kappa shape index (κ3) is 2.30. The number of fused-ring (bicyclic) bond motifs is 1. The zero-order chi connectivity index (χ0) is 13.3. The first-order valence-electron chi connectivity index (χ1n) is 6.29. The minimum atomic E-state index is -0.252. The van der Waals surface area contributed by atoms with E-state index in [1.165, 1.54) is 6.07 Å². The van der Waals surface area contributed by atoms with Gasteiger partial charge in [0.05, 0.1) is 0 Å². The van der Waals surface area contributed by atoms with Crippen molar-refractivity contribution in [1.82, 2.24) is 4.98 Å². The highest BCUT2D eigenvalue weighted by Crippen LogP contribution is 2.28. The average molecular weight is 246 g/mol. The van der Waals surface area contributed by atoms with Crippen molar-refractivity contribution in [3.05, 3.63) is 35.3 Å². The number of aromatic nitrogens is 1. The summed E-state index contributed by atoms with van der Waals surface area (Å²) in [6.45, 7) is 6.25. The van der Waals surface area contributed by atoms with Crippen molar-refractivity contribution >= 4 is 16.6 Å². The number of nitrogens with one attached hydrogen (secondary N) is 1. The molecule has 1 aromatic heterocycles. The van der Waals surface area contributed by atoms with E-state index < -0.39 is 0 Å². The molecule has 2 aromatic rings. The molecule has 0 radical (unpaired) electrons. The average Bonchev–Trinajstić information content (AvgIpc) is 2.32. The molecule has 2 rings (SSSR count). The van der Waals surface area contributed by atoms with Crippen LogP contribution in [0.5, 0.6) is 0 Å². The Morgan fingerprint density at radius 1 is 1.33 bits per heavy atom. The largest absolute Gasteiger partial charge is 0.388 e. The molecule has 0 unspecified atom stereocenters. The van der Waals surface area contributed by atoms with E-state index in [2.05, 4.69) is 24.1 Å². The molecule has 0 saturated heterocycles. The van der Waals surface area contributed by atoms with Gasteiger partial charge in [0.1, 0.15) is 11.3 Å². The Morgan fingerprint density at radius 2 is 2.06 bits per heavy atom. The molecule has 96 valence electrons. The Kier molecular flexibility index (Phi) is 3.50. The van der Waals surface area contributed by atoms with Crippen LogP contribution in [0.4, 0.5) is 10.1 Å². The Labute approximate surface area is 107 Å². The van der Waals surface area contributed by atoms with Crippen LogP contribution in [-0.2, 0) is 6.42 Å². The summed E-state index contributed by atoms with van der Waals surface area (Å²) in [7, 11) is 1.86. The predicted molar refractivity (Wildman–Crippen MR) is 74.5 cm³/mol. The van der Waals surface area contributed by atoms with Crippen molar-refractivity contribution in [2.45, 2.75) is 27.2 Å². The lowest BCUT2D eigenvalue weighted by Gasteiger charge is -2.13. The highest BCUT2D eigenvalue weighted by atomic mass is 19.1. The molecular weight excluding hydrogens is 227 g/mol. The second-order valence-electron chi connectivity index (χ2n) is 5.10. The second kappa shape index (κ2) is 4.92. The number of nitrogens with zero attached hydrogens (tertiary/aromatic N) is 1. The van der Waals surface area contributed by atoms with E-state index >= 15 is 0 Å². The minimum absolute atomic E-state index is 0.252. The maximum absolute atomic E-state index is 13.9. The summed E-state index contributed by atoms with van der Waals surface area (Å²) in [5, 5.41) is 4.02. The predicted octanol–water partition coefficient (Wildman–Crippen LogP) is 3.92. The normalized spacial score (nSPS) is 11.2. The van der Waals surface area contributed by atoms with Gasteiger partial charge in [0.25, 0.3) is 0 Å². The molecule has 0 aliphatic carbocycles. The summed E-state index contributed by atoms with van der Waals surface area (Å²) in [4.78, 5) is 4.47. The minimum Gasteiger partial charge on any atom is -0.388 e. The molecule has 0 saturated carbocycles. The van der Waals surface area contributed by atoms with Gasteiger partial charge in [0.15, 0.2) is 0 Å². The fourth-order valence-electron chi connectivity index (χ4n) is 2.25. The summed E-state index contributed by atoms with van der Waals surface area (Å²) in [6, 6.07) is 5.31. The number of aryl methyl sites for hydroxylation is 1. The van der Waals surface area contributed by atoms with Crippen molar-refractivity contribution in [3.8, 4) is 0 Å².